The van der Waals surface area contributed by atoms with Gasteiger partial charge in [0.05, 0.1) is 11.0 Å². The van der Waals surface area contributed by atoms with Crippen LogP contribution in [0.15, 0.2) is 78.9 Å². The summed E-state index contributed by atoms with van der Waals surface area (Å²) in [6.07, 6.45) is 2.06. The highest BCUT2D eigenvalue weighted by Gasteiger charge is 2.23. The number of amides is 3. The molecule has 7 nitrogen and oxygen atoms in total. The molecule has 3 aromatic carbocycles. The maximum absolute atomic E-state index is 12.9. The number of hydrogen-bond donors (Lipinski definition) is 3. The summed E-state index contributed by atoms with van der Waals surface area (Å²) in [5.41, 5.74) is 3.71. The van der Waals surface area contributed by atoms with E-state index in [2.05, 4.69) is 20.9 Å². The van der Waals surface area contributed by atoms with Gasteiger partial charge in [0.2, 0.25) is 5.95 Å². The molecule has 0 unspecified atom stereocenters. The molecule has 1 aliphatic carbocycles. The molecule has 0 aliphatic heterocycles. The lowest BCUT2D eigenvalue weighted by molar-refractivity contribution is 0.102. The highest BCUT2D eigenvalue weighted by molar-refractivity contribution is 6.04. The van der Waals surface area contributed by atoms with E-state index in [-0.39, 0.29) is 18.0 Å². The molecule has 7 heteroatoms. The second-order valence-corrected chi connectivity index (χ2v) is 7.50. The van der Waals surface area contributed by atoms with Gasteiger partial charge in [-0.2, -0.15) is 0 Å². The zero-order valence-electron chi connectivity index (χ0n) is 16.7. The van der Waals surface area contributed by atoms with Crippen molar-refractivity contribution in [3.8, 4) is 5.69 Å². The molecule has 3 N–H and O–H groups in total. The number of hydrogen-bond acceptors (Lipinski definition) is 3. The lowest BCUT2D eigenvalue weighted by Crippen LogP contribution is -2.30. The molecule has 4 aromatic rings. The van der Waals surface area contributed by atoms with Crippen LogP contribution in [-0.4, -0.2) is 27.5 Å². The number of urea groups is 1. The fourth-order valence-corrected chi connectivity index (χ4v) is 3.41. The van der Waals surface area contributed by atoms with E-state index < -0.39 is 0 Å². The van der Waals surface area contributed by atoms with Gasteiger partial charge in [0.15, 0.2) is 0 Å². The molecule has 0 atom stereocenters. The molecule has 1 fully saturated rings. The molecule has 0 bridgehead atoms. The van der Waals surface area contributed by atoms with Crippen molar-refractivity contribution in [2.24, 2.45) is 0 Å². The molecule has 5 rings (SSSR count). The lowest BCUT2D eigenvalue weighted by Gasteiger charge is -2.11. The van der Waals surface area contributed by atoms with E-state index in [4.69, 9.17) is 0 Å². The third-order valence-corrected chi connectivity index (χ3v) is 5.12. The van der Waals surface area contributed by atoms with Crippen molar-refractivity contribution >= 4 is 34.6 Å². The molecule has 0 radical (unpaired) electrons. The first kappa shape index (κ1) is 18.9. The summed E-state index contributed by atoms with van der Waals surface area (Å²) in [5.74, 6) is 0.171. The van der Waals surface area contributed by atoms with Crippen LogP contribution < -0.4 is 16.0 Å². The second-order valence-electron chi connectivity index (χ2n) is 7.50. The monoisotopic (exact) mass is 411 g/mol. The van der Waals surface area contributed by atoms with Crippen molar-refractivity contribution < 1.29 is 9.59 Å². The van der Waals surface area contributed by atoms with Gasteiger partial charge in [-0.05, 0) is 61.4 Å². The second kappa shape index (κ2) is 7.95. The first-order valence-corrected chi connectivity index (χ1v) is 10.2. The predicted molar refractivity (Wildman–Crippen MR) is 121 cm³/mol. The van der Waals surface area contributed by atoms with E-state index >= 15 is 0 Å². The van der Waals surface area contributed by atoms with Gasteiger partial charge in [0.25, 0.3) is 5.91 Å². The van der Waals surface area contributed by atoms with E-state index in [0.29, 0.717) is 17.2 Å². The number of carbonyl (C=O) groups excluding carboxylic acids is 2. The molecular formula is C24H21N5O2. The molecule has 0 spiro atoms. The molecule has 1 aromatic heterocycles. The normalized spacial score (nSPS) is 13.0. The van der Waals surface area contributed by atoms with Gasteiger partial charge in [-0.25, -0.2) is 9.78 Å². The average molecular weight is 411 g/mol. The number of para-hydroxylation sites is 3. The first-order chi connectivity index (χ1) is 15.2. The lowest BCUT2D eigenvalue weighted by atomic mass is 10.2. The van der Waals surface area contributed by atoms with Gasteiger partial charge in [-0.3, -0.25) is 14.7 Å². The Kier molecular flexibility index (Phi) is 4.84. The number of carbonyl (C=O) groups is 2. The van der Waals surface area contributed by atoms with Gasteiger partial charge >= 0.3 is 6.03 Å². The molecule has 31 heavy (non-hydrogen) atoms. The molecule has 1 aliphatic rings. The summed E-state index contributed by atoms with van der Waals surface area (Å²) in [6, 6.07) is 24.4. The van der Waals surface area contributed by atoms with Gasteiger partial charge in [0, 0.05) is 23.0 Å². The molecular weight excluding hydrogens is 390 g/mol. The van der Waals surface area contributed by atoms with Crippen LogP contribution in [0, 0.1) is 0 Å². The largest absolute Gasteiger partial charge is 0.335 e. The maximum atomic E-state index is 12.9. The number of imidazole rings is 1. The topological polar surface area (TPSA) is 88.1 Å². The van der Waals surface area contributed by atoms with E-state index in [1.54, 1.807) is 24.3 Å². The average Bonchev–Trinajstić information content (AvgIpc) is 3.52. The Morgan fingerprint density at radius 3 is 2.29 bits per heavy atom. The van der Waals surface area contributed by atoms with Crippen LogP contribution in [0.1, 0.15) is 23.2 Å². The minimum absolute atomic E-state index is 0.226. The Labute approximate surface area is 179 Å². The predicted octanol–water partition coefficient (Wildman–Crippen LogP) is 4.56. The summed E-state index contributed by atoms with van der Waals surface area (Å²) >= 11 is 0. The standard InChI is InChI=1S/C24H21N5O2/c30-22(16-10-12-17(13-11-16)25-24(31)26-18-14-15-18)28-23-27-20-8-4-5-9-21(20)29(23)19-6-2-1-3-7-19/h1-13,18H,14-15H2,(H2,25,26,31)(H,27,28,30). The zero-order valence-corrected chi connectivity index (χ0v) is 16.7. The van der Waals surface area contributed by atoms with Crippen LogP contribution in [0.3, 0.4) is 0 Å². The molecule has 1 heterocycles. The third-order valence-electron chi connectivity index (χ3n) is 5.12. The van der Waals surface area contributed by atoms with Crippen LogP contribution in [-0.2, 0) is 0 Å². The summed E-state index contributed by atoms with van der Waals surface area (Å²) in [7, 11) is 0. The van der Waals surface area contributed by atoms with Crippen LogP contribution in [0.4, 0.5) is 16.4 Å². The Morgan fingerprint density at radius 2 is 1.55 bits per heavy atom. The van der Waals surface area contributed by atoms with Crippen LogP contribution in [0.2, 0.25) is 0 Å². The SMILES string of the molecule is O=C(Nc1ccc(C(=O)Nc2nc3ccccc3n2-c2ccccc2)cc1)NC1CC1. The number of benzene rings is 3. The van der Waals surface area contributed by atoms with Crippen molar-refractivity contribution in [2.45, 2.75) is 18.9 Å². The quantitative estimate of drug-likeness (QED) is 0.450. The Balaban J connectivity index is 1.37. The number of anilines is 2. The van der Waals surface area contributed by atoms with Gasteiger partial charge in [-0.15, -0.1) is 0 Å². The van der Waals surface area contributed by atoms with Crippen molar-refractivity contribution in [1.82, 2.24) is 14.9 Å². The molecule has 3 amide bonds. The Hall–Kier alpha value is -4.13. The molecule has 154 valence electrons. The fraction of sp³-hybridized carbons (Fsp3) is 0.125. The van der Waals surface area contributed by atoms with E-state index in [1.807, 2.05) is 59.2 Å². The van der Waals surface area contributed by atoms with Gasteiger partial charge in [0.1, 0.15) is 0 Å². The van der Waals surface area contributed by atoms with Crippen molar-refractivity contribution in [3.63, 3.8) is 0 Å². The maximum Gasteiger partial charge on any atom is 0.319 e. The third kappa shape index (κ3) is 4.11. The van der Waals surface area contributed by atoms with Crippen LogP contribution in [0.5, 0.6) is 0 Å². The smallest absolute Gasteiger partial charge is 0.319 e. The van der Waals surface area contributed by atoms with E-state index in [0.717, 1.165) is 29.6 Å². The molecule has 0 saturated heterocycles. The zero-order chi connectivity index (χ0) is 21.2. The summed E-state index contributed by atoms with van der Waals surface area (Å²) < 4.78 is 1.92. The summed E-state index contributed by atoms with van der Waals surface area (Å²) in [4.78, 5) is 29.4. The first-order valence-electron chi connectivity index (χ1n) is 10.2. The van der Waals surface area contributed by atoms with Gasteiger partial charge < -0.3 is 10.6 Å². The number of fused-ring (bicyclic) bond motifs is 1. The van der Waals surface area contributed by atoms with Crippen molar-refractivity contribution in [1.29, 1.82) is 0 Å². The minimum atomic E-state index is -0.276. The van der Waals surface area contributed by atoms with Crippen molar-refractivity contribution in [2.75, 3.05) is 10.6 Å². The van der Waals surface area contributed by atoms with Gasteiger partial charge in [-0.1, -0.05) is 30.3 Å². The fourth-order valence-electron chi connectivity index (χ4n) is 3.41. The number of aromatic nitrogens is 2. The molecule has 1 saturated carbocycles. The highest BCUT2D eigenvalue weighted by atomic mass is 16.2. The minimum Gasteiger partial charge on any atom is -0.335 e. The number of nitrogens with zero attached hydrogens (tertiary/aromatic N) is 2. The van der Waals surface area contributed by atoms with E-state index in [9.17, 15) is 9.59 Å². The highest BCUT2D eigenvalue weighted by Crippen LogP contribution is 2.25. The Morgan fingerprint density at radius 1 is 0.839 bits per heavy atom. The Bertz CT molecular complexity index is 1240. The summed E-state index contributed by atoms with van der Waals surface area (Å²) in [6.45, 7) is 0. The van der Waals surface area contributed by atoms with E-state index in [1.165, 1.54) is 0 Å². The van der Waals surface area contributed by atoms with Crippen LogP contribution >= 0.6 is 0 Å². The van der Waals surface area contributed by atoms with Crippen LogP contribution in [0.25, 0.3) is 16.7 Å². The number of rotatable bonds is 5. The summed E-state index contributed by atoms with van der Waals surface area (Å²) in [5, 5.41) is 8.57. The van der Waals surface area contributed by atoms with Crippen molar-refractivity contribution in [3.05, 3.63) is 84.4 Å². The number of nitrogens with one attached hydrogen (secondary N) is 3.